The van der Waals surface area contributed by atoms with E-state index in [1.54, 1.807) is 0 Å². The fourth-order valence-electron chi connectivity index (χ4n) is 1.19. The van der Waals surface area contributed by atoms with E-state index in [2.05, 4.69) is 30.9 Å². The second kappa shape index (κ2) is 6.01. The maximum atomic E-state index is 11.0. The molecule has 7 heteroatoms. The van der Waals surface area contributed by atoms with E-state index in [1.165, 1.54) is 7.11 Å². The maximum Gasteiger partial charge on any atom is 0.316 e. The first-order chi connectivity index (χ1) is 8.70. The number of ether oxygens (including phenoxy) is 1. The molecule has 5 nitrogen and oxygen atoms in total. The summed E-state index contributed by atoms with van der Waals surface area (Å²) >= 11 is 4.55. The first kappa shape index (κ1) is 13.1. The molecule has 2 aromatic rings. The van der Waals surface area contributed by atoms with E-state index in [0.717, 1.165) is 21.8 Å². The second-order valence-electron chi connectivity index (χ2n) is 3.22. The van der Waals surface area contributed by atoms with Crippen LogP contribution in [0, 0.1) is 0 Å². The number of thioether (sulfide) groups is 1. The van der Waals surface area contributed by atoms with Gasteiger partial charge in [-0.15, -0.1) is 10.2 Å². The van der Waals surface area contributed by atoms with Crippen LogP contribution in [0.1, 0.15) is 0 Å². The molecule has 0 N–H and O–H groups in total. The molecular weight excluding hydrogens is 320 g/mol. The van der Waals surface area contributed by atoms with Crippen molar-refractivity contribution in [3.63, 3.8) is 0 Å². The molecule has 0 aliphatic rings. The van der Waals surface area contributed by atoms with Crippen LogP contribution >= 0.6 is 27.7 Å². The first-order valence-electron chi connectivity index (χ1n) is 4.98. The molecule has 0 atom stereocenters. The zero-order valence-electron chi connectivity index (χ0n) is 9.42. The van der Waals surface area contributed by atoms with E-state index < -0.39 is 0 Å². The summed E-state index contributed by atoms with van der Waals surface area (Å²) in [6.45, 7) is 0. The lowest BCUT2D eigenvalue weighted by Crippen LogP contribution is -2.02. The van der Waals surface area contributed by atoms with Gasteiger partial charge < -0.3 is 9.15 Å². The number of rotatable bonds is 4. The van der Waals surface area contributed by atoms with E-state index in [0.29, 0.717) is 11.1 Å². The highest BCUT2D eigenvalue weighted by Gasteiger charge is 2.12. The molecule has 0 aliphatic carbocycles. The molecule has 0 aliphatic heterocycles. The summed E-state index contributed by atoms with van der Waals surface area (Å²) in [5, 5.41) is 8.13. The molecule has 0 unspecified atom stereocenters. The van der Waals surface area contributed by atoms with Crippen LogP contribution in [0.15, 0.2) is 38.4 Å². The normalized spacial score (nSPS) is 10.3. The fraction of sp³-hybridized carbons (Fsp3) is 0.182. The van der Waals surface area contributed by atoms with Crippen molar-refractivity contribution < 1.29 is 13.9 Å². The number of nitrogens with zero attached hydrogens (tertiary/aromatic N) is 2. The molecule has 18 heavy (non-hydrogen) atoms. The van der Waals surface area contributed by atoms with Crippen molar-refractivity contribution in [3.05, 3.63) is 28.7 Å². The SMILES string of the molecule is COC(=O)CSc1nnc(-c2ccccc2Br)o1. The molecule has 1 aromatic carbocycles. The maximum absolute atomic E-state index is 11.0. The summed E-state index contributed by atoms with van der Waals surface area (Å²) in [4.78, 5) is 11.0. The van der Waals surface area contributed by atoms with Crippen LogP contribution in [-0.4, -0.2) is 29.0 Å². The minimum absolute atomic E-state index is 0.147. The Bertz CT molecular complexity index is 559. The molecule has 2 rings (SSSR count). The van der Waals surface area contributed by atoms with Gasteiger partial charge in [-0.3, -0.25) is 4.79 Å². The lowest BCUT2D eigenvalue weighted by molar-refractivity contribution is -0.137. The average molecular weight is 329 g/mol. The zero-order valence-corrected chi connectivity index (χ0v) is 11.8. The lowest BCUT2D eigenvalue weighted by Gasteiger charge is -1.97. The number of carbonyl (C=O) groups is 1. The van der Waals surface area contributed by atoms with Crippen molar-refractivity contribution >= 4 is 33.7 Å². The van der Waals surface area contributed by atoms with Gasteiger partial charge in [0, 0.05) is 4.47 Å². The van der Waals surface area contributed by atoms with Crippen LogP contribution in [0.5, 0.6) is 0 Å². The topological polar surface area (TPSA) is 65.2 Å². The highest BCUT2D eigenvalue weighted by atomic mass is 79.9. The smallest absolute Gasteiger partial charge is 0.316 e. The van der Waals surface area contributed by atoms with Crippen LogP contribution in [0.3, 0.4) is 0 Å². The van der Waals surface area contributed by atoms with Crippen molar-refractivity contribution in [2.75, 3.05) is 12.9 Å². The Hall–Kier alpha value is -1.34. The Labute approximate surface area is 116 Å². The molecule has 94 valence electrons. The zero-order chi connectivity index (χ0) is 13.0. The third-order valence-corrected chi connectivity index (χ3v) is 3.54. The molecule has 0 fully saturated rings. The number of benzene rings is 1. The molecule has 0 amide bonds. The van der Waals surface area contributed by atoms with E-state index in [9.17, 15) is 4.79 Å². The first-order valence-corrected chi connectivity index (χ1v) is 6.76. The van der Waals surface area contributed by atoms with Gasteiger partial charge >= 0.3 is 5.97 Å². The van der Waals surface area contributed by atoms with E-state index >= 15 is 0 Å². The summed E-state index contributed by atoms with van der Waals surface area (Å²) in [6, 6.07) is 7.54. The van der Waals surface area contributed by atoms with Crippen molar-refractivity contribution in [2.24, 2.45) is 0 Å². The van der Waals surface area contributed by atoms with Crippen LogP contribution < -0.4 is 0 Å². The summed E-state index contributed by atoms with van der Waals surface area (Å²) in [5.74, 6) is 0.226. The predicted molar refractivity (Wildman–Crippen MR) is 70.2 cm³/mol. The van der Waals surface area contributed by atoms with Gasteiger partial charge in [-0.05, 0) is 28.1 Å². The number of esters is 1. The van der Waals surface area contributed by atoms with Crippen molar-refractivity contribution in [3.8, 4) is 11.5 Å². The van der Waals surface area contributed by atoms with Gasteiger partial charge in [0.2, 0.25) is 5.89 Å². The van der Waals surface area contributed by atoms with Gasteiger partial charge in [0.15, 0.2) is 0 Å². The summed E-state index contributed by atoms with van der Waals surface area (Å²) in [7, 11) is 1.34. The largest absolute Gasteiger partial charge is 0.468 e. The van der Waals surface area contributed by atoms with Gasteiger partial charge in [-0.25, -0.2) is 0 Å². The molecule has 0 radical (unpaired) electrons. The molecule has 1 aromatic heterocycles. The highest BCUT2D eigenvalue weighted by Crippen LogP contribution is 2.28. The van der Waals surface area contributed by atoms with Crippen molar-refractivity contribution in [2.45, 2.75) is 5.22 Å². The van der Waals surface area contributed by atoms with Crippen LogP contribution in [0.25, 0.3) is 11.5 Å². The number of methoxy groups -OCH3 is 1. The van der Waals surface area contributed by atoms with E-state index in [1.807, 2.05) is 24.3 Å². The van der Waals surface area contributed by atoms with Crippen LogP contribution in [-0.2, 0) is 9.53 Å². The third-order valence-electron chi connectivity index (χ3n) is 2.05. The number of hydrogen-bond acceptors (Lipinski definition) is 6. The summed E-state index contributed by atoms with van der Waals surface area (Å²) < 4.78 is 10.8. The third kappa shape index (κ3) is 3.11. The van der Waals surface area contributed by atoms with Gasteiger partial charge in [0.05, 0.1) is 12.7 Å². The quantitative estimate of drug-likeness (QED) is 0.635. The van der Waals surface area contributed by atoms with Crippen LogP contribution in [0.4, 0.5) is 0 Å². The van der Waals surface area contributed by atoms with E-state index in [4.69, 9.17) is 4.42 Å². The van der Waals surface area contributed by atoms with Crippen LogP contribution in [0.2, 0.25) is 0 Å². The van der Waals surface area contributed by atoms with Crippen molar-refractivity contribution in [1.82, 2.24) is 10.2 Å². The average Bonchev–Trinajstić information content (AvgIpc) is 2.85. The molecular formula is C11H9BrN2O3S. The number of aromatic nitrogens is 2. The molecule has 0 saturated heterocycles. The number of halogens is 1. The predicted octanol–water partition coefficient (Wildman–Crippen LogP) is 2.76. The van der Waals surface area contributed by atoms with Gasteiger partial charge in [-0.1, -0.05) is 23.9 Å². The number of hydrogen-bond donors (Lipinski definition) is 0. The Morgan fingerprint density at radius 1 is 1.44 bits per heavy atom. The Kier molecular flexibility index (Phi) is 4.38. The molecule has 0 saturated carbocycles. The van der Waals surface area contributed by atoms with Crippen molar-refractivity contribution in [1.29, 1.82) is 0 Å². The lowest BCUT2D eigenvalue weighted by atomic mass is 10.2. The fourth-order valence-corrected chi connectivity index (χ4v) is 2.24. The second-order valence-corrected chi connectivity index (χ2v) is 5.00. The Balaban J connectivity index is 2.11. The van der Waals surface area contributed by atoms with Gasteiger partial charge in [-0.2, -0.15) is 0 Å². The summed E-state index contributed by atoms with van der Waals surface area (Å²) in [6.07, 6.45) is 0. The number of carbonyl (C=O) groups excluding carboxylic acids is 1. The molecule has 0 bridgehead atoms. The summed E-state index contributed by atoms with van der Waals surface area (Å²) in [5.41, 5.74) is 0.815. The van der Waals surface area contributed by atoms with Gasteiger partial charge in [0.1, 0.15) is 5.75 Å². The monoisotopic (exact) mass is 328 g/mol. The standard InChI is InChI=1S/C11H9BrN2O3S/c1-16-9(15)6-18-11-14-13-10(17-11)7-4-2-3-5-8(7)12/h2-5H,6H2,1H3. The van der Waals surface area contributed by atoms with Gasteiger partial charge in [0.25, 0.3) is 5.22 Å². The molecule has 1 heterocycles. The van der Waals surface area contributed by atoms with E-state index in [-0.39, 0.29) is 11.7 Å². The minimum atomic E-state index is -0.333. The Morgan fingerprint density at radius 3 is 2.94 bits per heavy atom. The minimum Gasteiger partial charge on any atom is -0.468 e. The highest BCUT2D eigenvalue weighted by molar-refractivity contribution is 9.10. The molecule has 0 spiro atoms. The Morgan fingerprint density at radius 2 is 2.22 bits per heavy atom.